The highest BCUT2D eigenvalue weighted by Crippen LogP contribution is 2.33. The Bertz CT molecular complexity index is 1860. The van der Waals surface area contributed by atoms with Crippen LogP contribution in [0.15, 0.2) is 146 Å². The third kappa shape index (κ3) is 9.23. The molecular formula is C41H36O9S. The van der Waals surface area contributed by atoms with Crippen LogP contribution in [0.3, 0.4) is 0 Å². The summed E-state index contributed by atoms with van der Waals surface area (Å²) in [6, 6.07) is 42.3. The van der Waals surface area contributed by atoms with E-state index < -0.39 is 48.6 Å². The third-order valence-corrected chi connectivity index (χ3v) is 8.45. The van der Waals surface area contributed by atoms with Crippen LogP contribution < -0.4 is 4.74 Å². The first-order chi connectivity index (χ1) is 25.0. The summed E-state index contributed by atoms with van der Waals surface area (Å²) < 4.78 is 37.0. The Hall–Kier alpha value is -5.42. The second-order valence-corrected chi connectivity index (χ2v) is 12.3. The highest BCUT2D eigenvalue weighted by Gasteiger charge is 2.54. The lowest BCUT2D eigenvalue weighted by atomic mass is 9.97. The van der Waals surface area contributed by atoms with Crippen LogP contribution in [0.2, 0.25) is 0 Å². The Morgan fingerprint density at radius 1 is 0.549 bits per heavy atom. The molecule has 0 spiro atoms. The summed E-state index contributed by atoms with van der Waals surface area (Å²) in [5.41, 5.74) is 2.75. The van der Waals surface area contributed by atoms with Crippen molar-refractivity contribution in [3.8, 4) is 16.9 Å². The number of ether oxygens (including phenoxy) is 6. The van der Waals surface area contributed by atoms with Crippen LogP contribution in [0.4, 0.5) is 0 Å². The van der Waals surface area contributed by atoms with Gasteiger partial charge in [-0.2, -0.15) is 0 Å². The van der Waals surface area contributed by atoms with Crippen molar-refractivity contribution in [1.29, 1.82) is 0 Å². The fourth-order valence-corrected chi connectivity index (χ4v) is 5.81. The summed E-state index contributed by atoms with van der Waals surface area (Å²) >= 11 is 1.45. The van der Waals surface area contributed by atoms with Gasteiger partial charge in [0.2, 0.25) is 12.4 Å². The van der Waals surface area contributed by atoms with E-state index in [1.807, 2.05) is 48.7 Å². The summed E-state index contributed by atoms with van der Waals surface area (Å²) in [7, 11) is 0. The van der Waals surface area contributed by atoms with Gasteiger partial charge >= 0.3 is 17.9 Å². The smallest absolute Gasteiger partial charge is 0.338 e. The van der Waals surface area contributed by atoms with Crippen molar-refractivity contribution in [2.45, 2.75) is 30.7 Å². The summed E-state index contributed by atoms with van der Waals surface area (Å²) in [4.78, 5) is 40.9. The molecule has 5 aromatic carbocycles. The molecule has 5 aromatic rings. The predicted molar refractivity (Wildman–Crippen MR) is 192 cm³/mol. The molecule has 0 aromatic heterocycles. The van der Waals surface area contributed by atoms with Crippen molar-refractivity contribution < 1.29 is 42.8 Å². The van der Waals surface area contributed by atoms with E-state index in [0.717, 1.165) is 11.1 Å². The van der Waals surface area contributed by atoms with Crippen LogP contribution in [-0.2, 0) is 23.7 Å². The van der Waals surface area contributed by atoms with Crippen molar-refractivity contribution in [2.75, 3.05) is 18.8 Å². The van der Waals surface area contributed by atoms with Gasteiger partial charge < -0.3 is 28.4 Å². The van der Waals surface area contributed by atoms with Crippen molar-refractivity contribution in [2.24, 2.45) is 0 Å². The normalized spacial score (nSPS) is 19.7. The minimum absolute atomic E-state index is 0.0564. The predicted octanol–water partition coefficient (Wildman–Crippen LogP) is 7.47. The molecule has 1 heterocycles. The van der Waals surface area contributed by atoms with Crippen LogP contribution in [0.1, 0.15) is 31.1 Å². The fraction of sp³-hybridized carbons (Fsp3) is 0.195. The molecule has 0 saturated carbocycles. The molecule has 0 radical (unpaired) electrons. The zero-order chi connectivity index (χ0) is 35.4. The molecule has 9 nitrogen and oxygen atoms in total. The van der Waals surface area contributed by atoms with Crippen LogP contribution in [0.25, 0.3) is 11.1 Å². The summed E-state index contributed by atoms with van der Waals surface area (Å²) in [5.74, 6) is -1.42. The van der Waals surface area contributed by atoms with Crippen LogP contribution >= 0.6 is 11.8 Å². The first kappa shape index (κ1) is 35.4. The quantitative estimate of drug-likeness (QED) is 0.0530. The minimum Gasteiger partial charge on any atom is -0.461 e. The number of benzene rings is 5. The summed E-state index contributed by atoms with van der Waals surface area (Å²) in [6.07, 6.45) is -4.50. The fourth-order valence-electron chi connectivity index (χ4n) is 5.55. The Balaban J connectivity index is 1.39. The molecule has 0 N–H and O–H groups in total. The zero-order valence-electron chi connectivity index (χ0n) is 27.7. The molecule has 0 bridgehead atoms. The maximum atomic E-state index is 13.7. The van der Waals surface area contributed by atoms with E-state index in [1.165, 1.54) is 11.8 Å². The molecular weight excluding hydrogens is 669 g/mol. The first-order valence-electron chi connectivity index (χ1n) is 16.3. The number of carbonyl (C=O) groups excluding carboxylic acids is 3. The summed E-state index contributed by atoms with van der Waals surface area (Å²) in [5, 5.41) is 0. The number of carbonyl (C=O) groups is 3. The number of esters is 3. The molecule has 5 atom stereocenters. The Kier molecular flexibility index (Phi) is 12.1. The molecule has 1 saturated heterocycles. The average Bonchev–Trinajstić information content (AvgIpc) is 3.19. The van der Waals surface area contributed by atoms with E-state index in [4.69, 9.17) is 28.4 Å². The maximum Gasteiger partial charge on any atom is 0.338 e. The largest absolute Gasteiger partial charge is 0.461 e. The lowest BCUT2D eigenvalue weighted by Gasteiger charge is -2.44. The van der Waals surface area contributed by atoms with Crippen molar-refractivity contribution in [3.05, 3.63) is 162 Å². The SMILES string of the molecule is CSCOCC1OC(Oc2ccc(-c3ccccc3)cc2)C(OC(=O)c2ccccc2)C(OC(=O)c2ccccc2)C1OC(=O)c1ccccc1. The molecule has 5 unspecified atom stereocenters. The maximum absolute atomic E-state index is 13.7. The third-order valence-electron chi connectivity index (χ3n) is 8.05. The van der Waals surface area contributed by atoms with Gasteiger partial charge in [0, 0.05) is 0 Å². The van der Waals surface area contributed by atoms with Crippen LogP contribution in [0, 0.1) is 0 Å². The molecule has 1 aliphatic rings. The molecule has 6 rings (SSSR count). The molecule has 0 aliphatic carbocycles. The minimum atomic E-state index is -1.40. The van der Waals surface area contributed by atoms with Gasteiger partial charge in [-0.1, -0.05) is 97.1 Å². The molecule has 10 heteroatoms. The number of hydrogen-bond donors (Lipinski definition) is 0. The van der Waals surface area contributed by atoms with Gasteiger partial charge in [0.1, 0.15) is 11.9 Å². The standard InChI is InChI=1S/C41H36O9S/c1-51-27-45-26-34-35(48-38(42)30-16-8-3-9-17-30)36(49-39(43)31-18-10-4-11-19-31)37(50-40(44)32-20-12-5-13-21-32)41(47-34)46-33-24-22-29(23-25-33)28-14-6-2-7-15-28/h2-25,34-37,41H,26-27H2,1H3. The monoisotopic (exact) mass is 704 g/mol. The van der Waals surface area contributed by atoms with E-state index in [-0.39, 0.29) is 23.3 Å². The first-order valence-corrected chi connectivity index (χ1v) is 17.7. The van der Waals surface area contributed by atoms with E-state index >= 15 is 0 Å². The van der Waals surface area contributed by atoms with E-state index in [0.29, 0.717) is 11.7 Å². The van der Waals surface area contributed by atoms with Crippen molar-refractivity contribution >= 4 is 29.7 Å². The van der Waals surface area contributed by atoms with Gasteiger partial charge in [0.05, 0.1) is 29.2 Å². The lowest BCUT2D eigenvalue weighted by Crippen LogP contribution is -2.63. The number of thioether (sulfide) groups is 1. The topological polar surface area (TPSA) is 107 Å². The van der Waals surface area contributed by atoms with E-state index in [2.05, 4.69) is 0 Å². The highest BCUT2D eigenvalue weighted by atomic mass is 32.2. The number of hydrogen-bond acceptors (Lipinski definition) is 10. The van der Waals surface area contributed by atoms with Gasteiger partial charge in [-0.25, -0.2) is 14.4 Å². The second-order valence-electron chi connectivity index (χ2n) is 11.5. The van der Waals surface area contributed by atoms with E-state index in [1.54, 1.807) is 103 Å². The number of rotatable bonds is 13. The Morgan fingerprint density at radius 3 is 1.47 bits per heavy atom. The highest BCUT2D eigenvalue weighted by molar-refractivity contribution is 7.98. The van der Waals surface area contributed by atoms with Gasteiger partial charge in [0.25, 0.3) is 0 Å². The van der Waals surface area contributed by atoms with Crippen molar-refractivity contribution in [1.82, 2.24) is 0 Å². The van der Waals surface area contributed by atoms with Gasteiger partial charge in [0.15, 0.2) is 12.2 Å². The van der Waals surface area contributed by atoms with Gasteiger partial charge in [-0.15, -0.1) is 11.8 Å². The Morgan fingerprint density at radius 2 is 0.980 bits per heavy atom. The van der Waals surface area contributed by atoms with Crippen LogP contribution in [0.5, 0.6) is 5.75 Å². The zero-order valence-corrected chi connectivity index (χ0v) is 28.6. The molecule has 51 heavy (non-hydrogen) atoms. The second kappa shape index (κ2) is 17.5. The average molecular weight is 705 g/mol. The molecule has 0 amide bonds. The Labute approximate surface area is 300 Å². The van der Waals surface area contributed by atoms with E-state index in [9.17, 15) is 14.4 Å². The van der Waals surface area contributed by atoms with Crippen molar-refractivity contribution in [3.63, 3.8) is 0 Å². The molecule has 1 aliphatic heterocycles. The summed E-state index contributed by atoms with van der Waals surface area (Å²) in [6.45, 7) is -0.0564. The lowest BCUT2D eigenvalue weighted by molar-refractivity contribution is -0.277. The molecule has 1 fully saturated rings. The van der Waals surface area contributed by atoms with Gasteiger partial charge in [-0.3, -0.25) is 0 Å². The van der Waals surface area contributed by atoms with Crippen LogP contribution in [-0.4, -0.2) is 67.4 Å². The molecule has 260 valence electrons. The van der Waals surface area contributed by atoms with Gasteiger partial charge in [-0.05, 0) is 65.9 Å².